The number of nitrogens with two attached hydrogens (primary N) is 1. The smallest absolute Gasteiger partial charge is 0.302 e. The summed E-state index contributed by atoms with van der Waals surface area (Å²) in [5.41, 5.74) is 7.51. The van der Waals surface area contributed by atoms with E-state index in [9.17, 15) is 15.4 Å². The topological polar surface area (TPSA) is 111 Å². The van der Waals surface area contributed by atoms with Crippen molar-refractivity contribution < 1.29 is 14.4 Å². The fraction of sp³-hybridized carbons (Fsp3) is 0.190. The molecule has 3 aromatic carbocycles. The van der Waals surface area contributed by atoms with Gasteiger partial charge in [0.2, 0.25) is 4.87 Å². The lowest BCUT2D eigenvalue weighted by Gasteiger charge is -2.47. The number of benzene rings is 3. The zero-order valence-corrected chi connectivity index (χ0v) is 16.1. The first-order valence-corrected chi connectivity index (χ1v) is 9.11. The van der Waals surface area contributed by atoms with Gasteiger partial charge < -0.3 is 9.47 Å². The first kappa shape index (κ1) is 19.2. The predicted molar refractivity (Wildman–Crippen MR) is 108 cm³/mol. The minimum atomic E-state index is -1.95. The van der Waals surface area contributed by atoms with Gasteiger partial charge in [-0.1, -0.05) is 60.1 Å². The molecule has 0 saturated carbocycles. The predicted octanol–water partition coefficient (Wildman–Crippen LogP) is 4.03. The summed E-state index contributed by atoms with van der Waals surface area (Å²) in [4.78, 5) is 8.72. The fourth-order valence-corrected chi connectivity index (χ4v) is 4.13. The second-order valence-corrected chi connectivity index (χ2v) is 7.38. The molecule has 0 spiro atoms. The van der Waals surface area contributed by atoms with Crippen molar-refractivity contribution in [3.05, 3.63) is 81.9 Å². The molecule has 1 aliphatic rings. The molecule has 4 rings (SSSR count). The standard InChI is InChI=1S/C21H16ClN3O4/c1-28-21(24)20(22,12-23)18(14-6-9-15(10-7-14)25(26)27)17-11-8-13-4-2-3-5-16(13)19(17)29-21/h2-11,18H,24H2,1H3. The highest BCUT2D eigenvalue weighted by atomic mass is 35.5. The summed E-state index contributed by atoms with van der Waals surface area (Å²) < 4.78 is 11.4. The highest BCUT2D eigenvalue weighted by molar-refractivity contribution is 6.27. The van der Waals surface area contributed by atoms with Crippen molar-refractivity contribution in [1.82, 2.24) is 0 Å². The number of nitro groups is 1. The molecule has 3 unspecified atom stereocenters. The highest BCUT2D eigenvalue weighted by Gasteiger charge is 2.62. The second-order valence-electron chi connectivity index (χ2n) is 6.78. The van der Waals surface area contributed by atoms with Gasteiger partial charge in [-0.3, -0.25) is 15.8 Å². The van der Waals surface area contributed by atoms with Crippen LogP contribution < -0.4 is 10.5 Å². The van der Waals surface area contributed by atoms with Crippen LogP contribution in [-0.2, 0) is 4.74 Å². The quantitative estimate of drug-likeness (QED) is 0.302. The third kappa shape index (κ3) is 2.73. The minimum Gasteiger partial charge on any atom is -0.445 e. The molecular weight excluding hydrogens is 394 g/mol. The average molecular weight is 410 g/mol. The monoisotopic (exact) mass is 409 g/mol. The third-order valence-electron chi connectivity index (χ3n) is 5.28. The van der Waals surface area contributed by atoms with Crippen molar-refractivity contribution in [2.24, 2.45) is 5.73 Å². The van der Waals surface area contributed by atoms with Crippen molar-refractivity contribution in [3.63, 3.8) is 0 Å². The van der Waals surface area contributed by atoms with E-state index in [4.69, 9.17) is 26.8 Å². The lowest BCUT2D eigenvalue weighted by molar-refractivity contribution is -0.384. The zero-order valence-electron chi connectivity index (χ0n) is 15.3. The summed E-state index contributed by atoms with van der Waals surface area (Å²) >= 11 is 6.78. The van der Waals surface area contributed by atoms with Gasteiger partial charge in [-0.05, 0) is 10.9 Å². The van der Waals surface area contributed by atoms with E-state index in [1.54, 1.807) is 12.1 Å². The molecule has 1 aliphatic heterocycles. The number of ether oxygens (including phenoxy) is 2. The number of fused-ring (bicyclic) bond motifs is 3. The van der Waals surface area contributed by atoms with Crippen molar-refractivity contribution in [2.45, 2.75) is 16.7 Å². The highest BCUT2D eigenvalue weighted by Crippen LogP contribution is 2.54. The molecule has 29 heavy (non-hydrogen) atoms. The van der Waals surface area contributed by atoms with Crippen LogP contribution in [0.15, 0.2) is 60.7 Å². The molecular formula is C21H16ClN3O4. The SMILES string of the molecule is COC1(N)Oc2c(ccc3ccccc23)C(c2ccc([N+](=O)[O-])cc2)C1(Cl)C#N. The van der Waals surface area contributed by atoms with Crippen LogP contribution in [0.3, 0.4) is 0 Å². The van der Waals surface area contributed by atoms with Crippen LogP contribution in [-0.4, -0.2) is 22.8 Å². The Morgan fingerprint density at radius 2 is 1.90 bits per heavy atom. The molecule has 0 saturated heterocycles. The van der Waals surface area contributed by atoms with Gasteiger partial charge in [0, 0.05) is 30.2 Å². The number of rotatable bonds is 3. The molecule has 1 heterocycles. The Bertz CT molecular complexity index is 1160. The summed E-state index contributed by atoms with van der Waals surface area (Å²) in [6.45, 7) is 0. The van der Waals surface area contributed by atoms with E-state index in [2.05, 4.69) is 6.07 Å². The van der Waals surface area contributed by atoms with Crippen LogP contribution in [0.1, 0.15) is 17.0 Å². The number of nitriles is 1. The first-order valence-electron chi connectivity index (χ1n) is 8.74. The summed E-state index contributed by atoms with van der Waals surface area (Å²) in [7, 11) is 1.32. The molecule has 0 fully saturated rings. The summed E-state index contributed by atoms with van der Waals surface area (Å²) in [6.07, 6.45) is 0. The lowest BCUT2D eigenvalue weighted by Crippen LogP contribution is -2.66. The molecule has 0 amide bonds. The number of nitro benzene ring substituents is 1. The Morgan fingerprint density at radius 3 is 2.52 bits per heavy atom. The fourth-order valence-electron chi connectivity index (χ4n) is 3.77. The molecule has 8 heteroatoms. The summed E-state index contributed by atoms with van der Waals surface area (Å²) in [5.74, 6) is -2.25. The van der Waals surface area contributed by atoms with E-state index in [-0.39, 0.29) is 5.69 Å². The minimum absolute atomic E-state index is 0.0672. The van der Waals surface area contributed by atoms with E-state index in [1.165, 1.54) is 19.2 Å². The molecule has 0 aliphatic carbocycles. The van der Waals surface area contributed by atoms with Gasteiger partial charge in [-0.15, -0.1) is 0 Å². The summed E-state index contributed by atoms with van der Waals surface area (Å²) in [5, 5.41) is 22.7. The van der Waals surface area contributed by atoms with E-state index in [0.29, 0.717) is 16.9 Å². The largest absolute Gasteiger partial charge is 0.445 e. The van der Waals surface area contributed by atoms with Crippen LogP contribution >= 0.6 is 11.6 Å². The Morgan fingerprint density at radius 1 is 1.21 bits per heavy atom. The number of alkyl halides is 1. The van der Waals surface area contributed by atoms with Gasteiger partial charge in [0.25, 0.3) is 5.69 Å². The van der Waals surface area contributed by atoms with Gasteiger partial charge in [0.05, 0.1) is 16.9 Å². The number of hydrogen-bond donors (Lipinski definition) is 1. The number of methoxy groups -OCH3 is 1. The first-order chi connectivity index (χ1) is 13.8. The number of halogens is 1. The number of non-ortho nitro benzene ring substituents is 1. The normalized spacial score (nSPS) is 25.7. The molecule has 2 N–H and O–H groups in total. The van der Waals surface area contributed by atoms with E-state index < -0.39 is 21.6 Å². The van der Waals surface area contributed by atoms with E-state index >= 15 is 0 Å². The van der Waals surface area contributed by atoms with Crippen molar-refractivity contribution in [2.75, 3.05) is 7.11 Å². The molecule has 0 radical (unpaired) electrons. The van der Waals surface area contributed by atoms with Crippen molar-refractivity contribution in [3.8, 4) is 11.8 Å². The van der Waals surface area contributed by atoms with Crippen LogP contribution in [0.25, 0.3) is 10.8 Å². The van der Waals surface area contributed by atoms with Crippen molar-refractivity contribution >= 4 is 28.1 Å². The maximum atomic E-state index is 11.0. The summed E-state index contributed by atoms with van der Waals surface area (Å²) in [6, 6.07) is 19.2. The molecule has 7 nitrogen and oxygen atoms in total. The zero-order chi connectivity index (χ0) is 20.8. The van der Waals surface area contributed by atoms with E-state index in [1.807, 2.05) is 36.4 Å². The molecule has 0 bridgehead atoms. The Balaban J connectivity index is 2.02. The van der Waals surface area contributed by atoms with Crippen LogP contribution in [0.5, 0.6) is 5.75 Å². The number of nitrogens with zero attached hydrogens (tertiary/aromatic N) is 2. The average Bonchev–Trinajstić information content (AvgIpc) is 2.74. The molecule has 3 aromatic rings. The molecule has 146 valence electrons. The van der Waals surface area contributed by atoms with Crippen LogP contribution in [0.4, 0.5) is 5.69 Å². The van der Waals surface area contributed by atoms with Gasteiger partial charge in [-0.2, -0.15) is 5.26 Å². The Hall–Kier alpha value is -3.18. The van der Waals surface area contributed by atoms with Crippen LogP contribution in [0.2, 0.25) is 0 Å². The number of hydrogen-bond acceptors (Lipinski definition) is 6. The van der Waals surface area contributed by atoms with Crippen LogP contribution in [0, 0.1) is 21.4 Å². The molecule has 0 aromatic heterocycles. The maximum absolute atomic E-state index is 11.0. The third-order valence-corrected chi connectivity index (χ3v) is 5.85. The second kappa shape index (κ2) is 6.71. The molecule has 3 atom stereocenters. The van der Waals surface area contributed by atoms with Crippen molar-refractivity contribution in [1.29, 1.82) is 5.26 Å². The van der Waals surface area contributed by atoms with Gasteiger partial charge >= 0.3 is 5.91 Å². The van der Waals surface area contributed by atoms with Gasteiger partial charge in [-0.25, -0.2) is 0 Å². The van der Waals surface area contributed by atoms with Gasteiger partial charge in [0.15, 0.2) is 0 Å². The lowest BCUT2D eigenvalue weighted by atomic mass is 9.75. The Kier molecular flexibility index (Phi) is 4.43. The van der Waals surface area contributed by atoms with E-state index in [0.717, 1.165) is 10.8 Å². The maximum Gasteiger partial charge on any atom is 0.302 e. The van der Waals surface area contributed by atoms with Gasteiger partial charge in [0.1, 0.15) is 5.75 Å². The Labute approximate surface area is 171 Å².